The molecule has 3 aliphatic heterocycles. The Morgan fingerprint density at radius 2 is 1.77 bits per heavy atom. The number of carbonyl (C=O) groups excluding carboxylic acids is 3. The first-order valence-corrected chi connectivity index (χ1v) is 11.8. The average molecular weight is 476 g/mol. The number of amides is 2. The molecule has 180 valence electrons. The van der Waals surface area contributed by atoms with Crippen LogP contribution in [0, 0.1) is 0 Å². The summed E-state index contributed by atoms with van der Waals surface area (Å²) < 4.78 is 16.4. The number of rotatable bonds is 6. The molecule has 9 nitrogen and oxygen atoms in total. The van der Waals surface area contributed by atoms with E-state index in [2.05, 4.69) is 5.32 Å². The van der Waals surface area contributed by atoms with Gasteiger partial charge < -0.3 is 29.2 Å². The number of nitrogens with zero attached hydrogens (tertiary/aromatic N) is 1. The lowest BCUT2D eigenvalue weighted by atomic mass is 9.78. The highest BCUT2D eigenvalue weighted by molar-refractivity contribution is 6.63. The minimum absolute atomic E-state index is 0.145. The third-order valence-electron chi connectivity index (χ3n) is 6.79. The van der Waals surface area contributed by atoms with Crippen LogP contribution in [0.5, 0.6) is 0 Å². The SMILES string of the molecule is CCOB1OCc2ccc(C(=O)N[C@@H]3C[C@H](C(C)=O)N(C(=O)c4ccc5c(c4)B(O)OC5)C3)cc21. The molecule has 0 spiro atoms. The Balaban J connectivity index is 1.31. The minimum atomic E-state index is -1.06. The van der Waals surface area contributed by atoms with Crippen LogP contribution in [0.3, 0.4) is 0 Å². The van der Waals surface area contributed by atoms with E-state index in [0.29, 0.717) is 42.8 Å². The number of fused-ring (bicyclic) bond motifs is 2. The Labute approximate surface area is 204 Å². The number of carbonyl (C=O) groups is 3. The molecular weight excluding hydrogens is 450 g/mol. The standard InChI is InChI=1S/C24H26B2N2O7/c1-3-33-26-21-8-15(4-6-18(21)13-35-26)23(30)27-19-10-22(14(2)29)28(11-19)24(31)16-5-7-17-12-34-25(32)20(17)9-16/h4-9,19,22,32H,3,10-13H2,1-2H3,(H,27,30)/t19-,22-/m1/s1. The van der Waals surface area contributed by atoms with E-state index in [1.807, 2.05) is 13.0 Å². The quantitative estimate of drug-likeness (QED) is 0.554. The first-order valence-electron chi connectivity index (χ1n) is 11.8. The van der Waals surface area contributed by atoms with E-state index in [4.69, 9.17) is 14.0 Å². The molecule has 0 radical (unpaired) electrons. The molecule has 0 aliphatic carbocycles. The first kappa shape index (κ1) is 23.7. The van der Waals surface area contributed by atoms with Crippen LogP contribution in [0.2, 0.25) is 0 Å². The Hall–Kier alpha value is -2.98. The van der Waals surface area contributed by atoms with E-state index in [0.717, 1.165) is 16.6 Å². The summed E-state index contributed by atoms with van der Waals surface area (Å²) in [6.07, 6.45) is 0.332. The van der Waals surface area contributed by atoms with Crippen LogP contribution in [0.1, 0.15) is 52.1 Å². The molecule has 11 heteroatoms. The average Bonchev–Trinajstić information content (AvgIpc) is 3.56. The summed E-state index contributed by atoms with van der Waals surface area (Å²) in [5.41, 5.74) is 4.05. The molecule has 2 aromatic carbocycles. The third-order valence-corrected chi connectivity index (χ3v) is 6.79. The highest BCUT2D eigenvalue weighted by atomic mass is 16.6. The molecule has 3 aliphatic rings. The van der Waals surface area contributed by atoms with E-state index in [9.17, 15) is 19.4 Å². The Bertz CT molecular complexity index is 1190. The number of hydrogen-bond donors (Lipinski definition) is 2. The predicted octanol–water partition coefficient (Wildman–Crippen LogP) is -0.232. The van der Waals surface area contributed by atoms with Gasteiger partial charge in [-0.3, -0.25) is 14.4 Å². The minimum Gasteiger partial charge on any atom is -0.423 e. The van der Waals surface area contributed by atoms with Crippen LogP contribution < -0.4 is 16.2 Å². The van der Waals surface area contributed by atoms with Gasteiger partial charge >= 0.3 is 14.2 Å². The van der Waals surface area contributed by atoms with Crippen molar-refractivity contribution in [2.24, 2.45) is 0 Å². The molecular formula is C24H26B2N2O7. The Morgan fingerprint density at radius 3 is 2.51 bits per heavy atom. The lowest BCUT2D eigenvalue weighted by Crippen LogP contribution is -2.41. The van der Waals surface area contributed by atoms with Crippen molar-refractivity contribution in [3.8, 4) is 0 Å². The number of hydrogen-bond acceptors (Lipinski definition) is 7. The smallest absolute Gasteiger partial charge is 0.423 e. The summed E-state index contributed by atoms with van der Waals surface area (Å²) in [5.74, 6) is -0.749. The number of ketones is 1. The number of Topliss-reactive ketones (excluding diaryl/α,β-unsaturated/α-hetero) is 1. The second kappa shape index (κ2) is 9.58. The molecule has 1 saturated heterocycles. The van der Waals surface area contributed by atoms with Gasteiger partial charge in [0.15, 0.2) is 5.78 Å². The van der Waals surface area contributed by atoms with E-state index in [1.54, 1.807) is 30.3 Å². The van der Waals surface area contributed by atoms with Gasteiger partial charge in [-0.25, -0.2) is 0 Å². The van der Waals surface area contributed by atoms with E-state index in [-0.39, 0.29) is 30.2 Å². The molecule has 2 atom stereocenters. The van der Waals surface area contributed by atoms with Gasteiger partial charge in [-0.1, -0.05) is 12.1 Å². The van der Waals surface area contributed by atoms with Crippen molar-refractivity contribution in [1.29, 1.82) is 0 Å². The van der Waals surface area contributed by atoms with Gasteiger partial charge in [0, 0.05) is 30.3 Å². The molecule has 2 N–H and O–H groups in total. The van der Waals surface area contributed by atoms with Gasteiger partial charge in [-0.15, -0.1) is 0 Å². The molecule has 2 aromatic rings. The lowest BCUT2D eigenvalue weighted by molar-refractivity contribution is -0.120. The van der Waals surface area contributed by atoms with Crippen LogP contribution in [0.4, 0.5) is 0 Å². The monoisotopic (exact) mass is 476 g/mol. The summed E-state index contributed by atoms with van der Waals surface area (Å²) in [6.45, 7) is 4.77. The van der Waals surface area contributed by atoms with Crippen LogP contribution >= 0.6 is 0 Å². The highest BCUT2D eigenvalue weighted by Crippen LogP contribution is 2.23. The molecule has 0 bridgehead atoms. The van der Waals surface area contributed by atoms with Gasteiger partial charge in [-0.2, -0.15) is 0 Å². The van der Waals surface area contributed by atoms with Crippen LogP contribution in [0.15, 0.2) is 36.4 Å². The zero-order valence-electron chi connectivity index (χ0n) is 19.7. The van der Waals surface area contributed by atoms with Crippen molar-refractivity contribution >= 4 is 42.8 Å². The molecule has 2 amide bonds. The number of benzene rings is 2. The maximum atomic E-state index is 13.3. The second-order valence-corrected chi connectivity index (χ2v) is 9.08. The van der Waals surface area contributed by atoms with Crippen LogP contribution in [-0.2, 0) is 32.0 Å². The fourth-order valence-corrected chi connectivity index (χ4v) is 4.96. The van der Waals surface area contributed by atoms with Crippen LogP contribution in [-0.4, -0.2) is 67.0 Å². The third kappa shape index (κ3) is 4.52. The summed E-state index contributed by atoms with van der Waals surface area (Å²) in [4.78, 5) is 40.2. The summed E-state index contributed by atoms with van der Waals surface area (Å²) in [6, 6.07) is 9.39. The largest absolute Gasteiger partial charge is 0.494 e. The van der Waals surface area contributed by atoms with Gasteiger partial charge in [0.25, 0.3) is 11.8 Å². The molecule has 0 unspecified atom stereocenters. The number of likely N-dealkylation sites (tertiary alicyclic amines) is 1. The molecule has 3 heterocycles. The maximum Gasteiger partial charge on any atom is 0.494 e. The normalized spacial score (nSPS) is 20.7. The van der Waals surface area contributed by atoms with Gasteiger partial charge in [0.2, 0.25) is 0 Å². The van der Waals surface area contributed by atoms with Crippen molar-refractivity contribution in [2.75, 3.05) is 13.2 Å². The Kier molecular flexibility index (Phi) is 6.50. The van der Waals surface area contributed by atoms with Gasteiger partial charge in [0.1, 0.15) is 0 Å². The molecule has 0 saturated carbocycles. The van der Waals surface area contributed by atoms with Gasteiger partial charge in [-0.05, 0) is 66.6 Å². The Morgan fingerprint density at radius 1 is 1.09 bits per heavy atom. The second-order valence-electron chi connectivity index (χ2n) is 9.08. The molecule has 35 heavy (non-hydrogen) atoms. The van der Waals surface area contributed by atoms with E-state index < -0.39 is 20.3 Å². The first-order chi connectivity index (χ1) is 16.9. The fourth-order valence-electron chi connectivity index (χ4n) is 4.96. The summed E-state index contributed by atoms with van der Waals surface area (Å²) in [5, 5.41) is 13.0. The summed E-state index contributed by atoms with van der Waals surface area (Å²) in [7, 11) is -1.55. The van der Waals surface area contributed by atoms with Crippen molar-refractivity contribution in [2.45, 2.75) is 45.6 Å². The van der Waals surface area contributed by atoms with Crippen molar-refractivity contribution < 1.29 is 33.4 Å². The lowest BCUT2D eigenvalue weighted by Gasteiger charge is -2.23. The topological polar surface area (TPSA) is 114 Å². The predicted molar refractivity (Wildman–Crippen MR) is 128 cm³/mol. The van der Waals surface area contributed by atoms with Crippen molar-refractivity contribution in [3.05, 3.63) is 58.7 Å². The van der Waals surface area contributed by atoms with Crippen molar-refractivity contribution in [3.63, 3.8) is 0 Å². The summed E-state index contributed by atoms with van der Waals surface area (Å²) >= 11 is 0. The van der Waals surface area contributed by atoms with Crippen LogP contribution in [0.25, 0.3) is 0 Å². The van der Waals surface area contributed by atoms with E-state index >= 15 is 0 Å². The van der Waals surface area contributed by atoms with Crippen molar-refractivity contribution in [1.82, 2.24) is 10.2 Å². The number of nitrogens with one attached hydrogen (secondary N) is 1. The zero-order valence-corrected chi connectivity index (χ0v) is 19.7. The molecule has 5 rings (SSSR count). The molecule has 1 fully saturated rings. The highest BCUT2D eigenvalue weighted by Gasteiger charge is 2.40. The fraction of sp³-hybridized carbons (Fsp3) is 0.375. The van der Waals surface area contributed by atoms with E-state index in [1.165, 1.54) is 11.8 Å². The molecule has 0 aromatic heterocycles. The zero-order chi connectivity index (χ0) is 24.7. The maximum absolute atomic E-state index is 13.3. The van der Waals surface area contributed by atoms with Gasteiger partial charge in [0.05, 0.1) is 19.3 Å².